The van der Waals surface area contributed by atoms with Crippen LogP contribution in [0.2, 0.25) is 0 Å². The molecule has 0 saturated heterocycles. The van der Waals surface area contributed by atoms with Crippen molar-refractivity contribution in [3.63, 3.8) is 0 Å². The predicted octanol–water partition coefficient (Wildman–Crippen LogP) is 6.96. The van der Waals surface area contributed by atoms with Crippen LogP contribution in [-0.4, -0.2) is 68.5 Å². The highest BCUT2D eigenvalue weighted by Gasteiger charge is 2.23. The number of hydrogen-bond donors (Lipinski definition) is 1. The van der Waals surface area contributed by atoms with E-state index in [1.807, 2.05) is 19.0 Å². The third-order valence-electron chi connectivity index (χ3n) is 6.07. The monoisotopic (exact) mass is 521 g/mol. The molecule has 0 aromatic heterocycles. The zero-order chi connectivity index (χ0) is 26.2. The zero-order valence-electron chi connectivity index (χ0n) is 23.3. The largest absolute Gasteiger partial charge is 0.458 e. The van der Waals surface area contributed by atoms with E-state index < -0.39 is 19.7 Å². The Morgan fingerprint density at radius 2 is 1.26 bits per heavy atom. The minimum atomic E-state index is -3.71. The number of carbonyl (C=O) groups is 1. The van der Waals surface area contributed by atoms with Crippen molar-refractivity contribution in [1.29, 1.82) is 0 Å². The topological polar surface area (TPSA) is 85.3 Å². The molecule has 0 rings (SSSR count). The van der Waals surface area contributed by atoms with Crippen LogP contribution in [0.3, 0.4) is 0 Å². The van der Waals surface area contributed by atoms with Crippen molar-refractivity contribution < 1.29 is 28.3 Å². The van der Waals surface area contributed by atoms with Gasteiger partial charge in [0.1, 0.15) is 6.10 Å². The van der Waals surface area contributed by atoms with E-state index in [1.54, 1.807) is 0 Å². The van der Waals surface area contributed by atoms with Gasteiger partial charge in [-0.25, -0.2) is 0 Å². The fraction of sp³-hybridized carbons (Fsp3) is 0.963. The highest BCUT2D eigenvalue weighted by molar-refractivity contribution is 7.52. The van der Waals surface area contributed by atoms with E-state index >= 15 is 0 Å². The lowest BCUT2D eigenvalue weighted by Crippen LogP contribution is -2.28. The molecule has 0 heterocycles. The molecule has 0 fully saturated rings. The van der Waals surface area contributed by atoms with Crippen molar-refractivity contribution in [2.75, 3.05) is 46.6 Å². The minimum absolute atomic E-state index is 0.0346. The van der Waals surface area contributed by atoms with Gasteiger partial charge in [-0.1, -0.05) is 103 Å². The fourth-order valence-electron chi connectivity index (χ4n) is 3.91. The normalized spacial score (nSPS) is 14.2. The highest BCUT2D eigenvalue weighted by atomic mass is 31.2. The Kier molecular flexibility index (Phi) is 23.6. The van der Waals surface area contributed by atoms with Crippen LogP contribution in [0.25, 0.3) is 0 Å². The summed E-state index contributed by atoms with van der Waals surface area (Å²) in [6.45, 7) is 4.65. The molecule has 0 aliphatic rings. The molecule has 0 aliphatic carbocycles. The van der Waals surface area contributed by atoms with Gasteiger partial charge in [0.25, 0.3) is 0 Å². The van der Waals surface area contributed by atoms with Crippen molar-refractivity contribution in [3.05, 3.63) is 0 Å². The van der Waals surface area contributed by atoms with Gasteiger partial charge in [-0.3, -0.25) is 9.36 Å². The van der Waals surface area contributed by atoms with Crippen LogP contribution in [0.1, 0.15) is 117 Å². The number of carbonyl (C=O) groups excluding carboxylic acids is 1. The molecule has 2 unspecified atom stereocenters. The zero-order valence-corrected chi connectivity index (χ0v) is 24.2. The smallest absolute Gasteiger partial charge is 0.329 e. The maximum absolute atomic E-state index is 12.1. The second kappa shape index (κ2) is 23.9. The van der Waals surface area contributed by atoms with Crippen molar-refractivity contribution in [1.82, 2.24) is 4.90 Å². The summed E-state index contributed by atoms with van der Waals surface area (Å²) in [4.78, 5) is 23.0. The van der Waals surface area contributed by atoms with Crippen LogP contribution in [0, 0.1) is 0 Å². The van der Waals surface area contributed by atoms with Gasteiger partial charge in [0.2, 0.25) is 0 Å². The Bertz CT molecular complexity index is 532. The Labute approximate surface area is 216 Å². The summed E-state index contributed by atoms with van der Waals surface area (Å²) in [6, 6.07) is 0. The first kappa shape index (κ1) is 34.5. The van der Waals surface area contributed by atoms with Gasteiger partial charge >= 0.3 is 13.6 Å². The van der Waals surface area contributed by atoms with Crippen LogP contribution >= 0.6 is 7.60 Å². The number of unbranched alkanes of at least 4 members (excludes halogenated alkanes) is 15. The van der Waals surface area contributed by atoms with E-state index in [9.17, 15) is 14.3 Å². The first-order valence-corrected chi connectivity index (χ1v) is 15.9. The number of ether oxygens (including phenoxy) is 2. The molecule has 0 aromatic rings. The molecular formula is C27H56NO6P. The minimum Gasteiger partial charge on any atom is -0.458 e. The van der Waals surface area contributed by atoms with Crippen molar-refractivity contribution >= 4 is 13.6 Å². The third kappa shape index (κ3) is 26.4. The van der Waals surface area contributed by atoms with E-state index in [-0.39, 0.29) is 19.4 Å². The van der Waals surface area contributed by atoms with Crippen molar-refractivity contribution in [2.45, 2.75) is 123 Å². The Hall–Kier alpha value is -0.460. The van der Waals surface area contributed by atoms with Crippen molar-refractivity contribution in [2.24, 2.45) is 0 Å². The molecule has 2 atom stereocenters. The van der Waals surface area contributed by atoms with E-state index in [2.05, 4.69) is 6.92 Å². The Balaban J connectivity index is 3.62. The molecule has 0 bridgehead atoms. The quantitative estimate of drug-likeness (QED) is 0.0748. The predicted molar refractivity (Wildman–Crippen MR) is 145 cm³/mol. The van der Waals surface area contributed by atoms with E-state index in [0.29, 0.717) is 13.2 Å². The summed E-state index contributed by atoms with van der Waals surface area (Å²) < 4.78 is 28.0. The molecule has 8 heteroatoms. The van der Waals surface area contributed by atoms with Gasteiger partial charge < -0.3 is 23.8 Å². The molecule has 0 spiro atoms. The van der Waals surface area contributed by atoms with Gasteiger partial charge in [0.15, 0.2) is 0 Å². The summed E-state index contributed by atoms with van der Waals surface area (Å²) in [6.07, 6.45) is 20.6. The number of rotatable bonds is 26. The molecule has 210 valence electrons. The van der Waals surface area contributed by atoms with Crippen LogP contribution in [0.15, 0.2) is 0 Å². The Morgan fingerprint density at radius 3 is 1.69 bits per heavy atom. The average molecular weight is 522 g/mol. The van der Waals surface area contributed by atoms with E-state index in [0.717, 1.165) is 12.8 Å². The van der Waals surface area contributed by atoms with Gasteiger partial charge in [-0.15, -0.1) is 0 Å². The second-order valence-electron chi connectivity index (χ2n) is 10.1. The van der Waals surface area contributed by atoms with Gasteiger partial charge in [0, 0.05) is 20.1 Å². The molecule has 35 heavy (non-hydrogen) atoms. The maximum atomic E-state index is 12.1. The molecule has 0 saturated carbocycles. The average Bonchev–Trinajstić information content (AvgIpc) is 2.80. The molecular weight excluding hydrogens is 465 g/mol. The van der Waals surface area contributed by atoms with Crippen molar-refractivity contribution in [3.8, 4) is 0 Å². The molecule has 0 aliphatic heterocycles. The summed E-state index contributed by atoms with van der Waals surface area (Å²) >= 11 is 0. The Morgan fingerprint density at radius 1 is 0.800 bits per heavy atom. The summed E-state index contributed by atoms with van der Waals surface area (Å²) in [5.74, 6) is -0.453. The summed E-state index contributed by atoms with van der Waals surface area (Å²) in [5, 5.41) is 0. The number of nitrogens with zero attached hydrogens (tertiary/aromatic N) is 1. The van der Waals surface area contributed by atoms with Gasteiger partial charge in [-0.05, 0) is 20.5 Å². The summed E-state index contributed by atoms with van der Waals surface area (Å²) in [7, 11) is -0.0555. The molecule has 0 radical (unpaired) electrons. The lowest BCUT2D eigenvalue weighted by Gasteiger charge is -2.20. The number of esters is 1. The molecule has 7 nitrogen and oxygen atoms in total. The maximum Gasteiger partial charge on any atom is 0.329 e. The molecule has 0 amide bonds. The first-order valence-electron chi connectivity index (χ1n) is 14.1. The highest BCUT2D eigenvalue weighted by Crippen LogP contribution is 2.41. The summed E-state index contributed by atoms with van der Waals surface area (Å²) in [5.41, 5.74) is 0. The number of hydrogen-bond acceptors (Lipinski definition) is 6. The van der Waals surface area contributed by atoms with Crippen LogP contribution in [-0.2, 0) is 23.4 Å². The van der Waals surface area contributed by atoms with Crippen LogP contribution < -0.4 is 0 Å². The first-order chi connectivity index (χ1) is 16.8. The van der Waals surface area contributed by atoms with Crippen LogP contribution in [0.4, 0.5) is 0 Å². The lowest BCUT2D eigenvalue weighted by molar-refractivity contribution is -0.151. The molecule has 0 aromatic carbocycles. The fourth-order valence-corrected chi connectivity index (χ4v) is 5.09. The second-order valence-corrected chi connectivity index (χ2v) is 12.1. The van der Waals surface area contributed by atoms with E-state index in [4.69, 9.17) is 14.0 Å². The lowest BCUT2D eigenvalue weighted by atomic mass is 10.0. The standard InChI is InChI=1S/C27H56NO6P/c1-5-6-7-8-9-10-11-12-13-14-15-16-17-18-19-20-22-32-24-27(34-26(2)29)25-33-35(30,31)23-21-28(3)4/h27H,5-25H2,1-4H3,(H,30,31). The SMILES string of the molecule is CCCCCCCCCCCCCCCCCCOCC(COP(=O)(O)CCN(C)C)OC(C)=O. The van der Waals surface area contributed by atoms with Gasteiger partial charge in [-0.2, -0.15) is 0 Å². The molecule has 1 N–H and O–H groups in total. The third-order valence-corrected chi connectivity index (χ3v) is 7.39. The van der Waals surface area contributed by atoms with Crippen LogP contribution in [0.5, 0.6) is 0 Å². The van der Waals surface area contributed by atoms with Gasteiger partial charge in [0.05, 0.1) is 19.4 Å². The van der Waals surface area contributed by atoms with E-state index in [1.165, 1.54) is 96.8 Å².